The van der Waals surface area contributed by atoms with Gasteiger partial charge in [0.2, 0.25) is 0 Å². The van der Waals surface area contributed by atoms with Gasteiger partial charge in [-0.2, -0.15) is 4.98 Å². The molecule has 8 heteroatoms. The van der Waals surface area contributed by atoms with E-state index in [0.717, 1.165) is 12.8 Å². The van der Waals surface area contributed by atoms with E-state index in [1.54, 1.807) is 24.3 Å². The first-order valence-electron chi connectivity index (χ1n) is 7.50. The number of hydrogen-bond acceptors (Lipinski definition) is 7. The molecule has 1 atom stereocenters. The third kappa shape index (κ3) is 3.21. The number of carbonyl (C=O) groups excluding carboxylic acids is 1. The Morgan fingerprint density at radius 3 is 3.13 bits per heavy atom. The quantitative estimate of drug-likeness (QED) is 0.836. The smallest absolute Gasteiger partial charge is 0.272 e. The highest BCUT2D eigenvalue weighted by Crippen LogP contribution is 2.32. The van der Waals surface area contributed by atoms with Gasteiger partial charge in [0.1, 0.15) is 18.6 Å². The predicted molar refractivity (Wildman–Crippen MR) is 79.5 cm³/mol. The van der Waals surface area contributed by atoms with Gasteiger partial charge in [0.05, 0.1) is 0 Å². The maximum Gasteiger partial charge on any atom is 0.272 e. The lowest BCUT2D eigenvalue weighted by atomic mass is 9.81. The Morgan fingerprint density at radius 1 is 1.52 bits per heavy atom. The zero-order valence-electron chi connectivity index (χ0n) is 13.2. The van der Waals surface area contributed by atoms with Crippen LogP contribution in [0.4, 0.5) is 0 Å². The monoisotopic (exact) mass is 317 g/mol. The van der Waals surface area contributed by atoms with Crippen LogP contribution in [0.25, 0.3) is 0 Å². The van der Waals surface area contributed by atoms with Gasteiger partial charge < -0.3 is 14.2 Å². The number of aromatic nitrogens is 4. The molecule has 1 aliphatic rings. The van der Waals surface area contributed by atoms with Gasteiger partial charge >= 0.3 is 0 Å². The fraction of sp³-hybridized carbons (Fsp3) is 0.533. The van der Waals surface area contributed by atoms with Crippen LogP contribution in [0.5, 0.6) is 0 Å². The number of piperidine rings is 1. The third-order valence-electron chi connectivity index (χ3n) is 4.06. The molecule has 0 spiro atoms. The number of hydrogen-bond donors (Lipinski definition) is 0. The molecule has 1 aliphatic heterocycles. The molecule has 0 saturated carbocycles. The summed E-state index contributed by atoms with van der Waals surface area (Å²) in [4.78, 5) is 26.6. The lowest BCUT2D eigenvalue weighted by Crippen LogP contribution is -2.47. The second kappa shape index (κ2) is 6.41. The maximum absolute atomic E-state index is 12.6. The Bertz CT molecular complexity index is 675. The number of amides is 1. The minimum Gasteiger partial charge on any atom is -0.375 e. The van der Waals surface area contributed by atoms with Crippen molar-refractivity contribution in [1.29, 1.82) is 0 Å². The molecule has 0 bridgehead atoms. The van der Waals surface area contributed by atoms with Crippen molar-refractivity contribution in [2.75, 3.05) is 20.2 Å². The number of carbonyl (C=O) groups is 1. The Kier molecular flexibility index (Phi) is 4.33. The Morgan fingerprint density at radius 2 is 2.39 bits per heavy atom. The van der Waals surface area contributed by atoms with E-state index in [9.17, 15) is 4.79 Å². The van der Waals surface area contributed by atoms with E-state index < -0.39 is 0 Å². The number of ether oxygens (including phenoxy) is 1. The van der Waals surface area contributed by atoms with Crippen LogP contribution in [0.2, 0.25) is 0 Å². The molecule has 23 heavy (non-hydrogen) atoms. The van der Waals surface area contributed by atoms with Crippen LogP contribution in [0, 0.1) is 0 Å². The van der Waals surface area contributed by atoms with Crippen molar-refractivity contribution in [2.24, 2.45) is 0 Å². The van der Waals surface area contributed by atoms with Gasteiger partial charge in [0, 0.05) is 31.8 Å². The molecule has 8 nitrogen and oxygen atoms in total. The molecule has 122 valence electrons. The van der Waals surface area contributed by atoms with Crippen LogP contribution in [-0.2, 0) is 16.8 Å². The molecule has 2 aromatic heterocycles. The number of nitrogens with zero attached hydrogens (tertiary/aromatic N) is 5. The summed E-state index contributed by atoms with van der Waals surface area (Å²) >= 11 is 0. The van der Waals surface area contributed by atoms with Crippen LogP contribution in [0.3, 0.4) is 0 Å². The summed E-state index contributed by atoms with van der Waals surface area (Å²) in [5.74, 6) is 0.964. The maximum atomic E-state index is 12.6. The lowest BCUT2D eigenvalue weighted by molar-refractivity contribution is 0.0635. The molecule has 1 fully saturated rings. The van der Waals surface area contributed by atoms with Gasteiger partial charge in [-0.25, -0.2) is 9.97 Å². The Labute approximate surface area is 133 Å². The zero-order chi connectivity index (χ0) is 16.3. The van der Waals surface area contributed by atoms with E-state index in [2.05, 4.69) is 20.1 Å². The summed E-state index contributed by atoms with van der Waals surface area (Å²) in [7, 11) is 1.58. The summed E-state index contributed by atoms with van der Waals surface area (Å²) in [6.45, 7) is 3.56. The van der Waals surface area contributed by atoms with Crippen LogP contribution in [0.1, 0.15) is 42.0 Å². The van der Waals surface area contributed by atoms with E-state index in [4.69, 9.17) is 9.26 Å². The normalized spacial score (nSPS) is 21.4. The summed E-state index contributed by atoms with van der Waals surface area (Å²) in [5.41, 5.74) is 0.0635. The number of methoxy groups -OCH3 is 1. The van der Waals surface area contributed by atoms with E-state index in [1.165, 1.54) is 6.33 Å². The van der Waals surface area contributed by atoms with Gasteiger partial charge in [-0.1, -0.05) is 12.1 Å². The molecule has 1 unspecified atom stereocenters. The zero-order valence-corrected chi connectivity index (χ0v) is 13.2. The van der Waals surface area contributed by atoms with Gasteiger partial charge in [-0.3, -0.25) is 4.79 Å². The molecule has 0 aliphatic carbocycles. The molecule has 1 amide bonds. The van der Waals surface area contributed by atoms with Crippen LogP contribution < -0.4 is 0 Å². The predicted octanol–water partition coefficient (Wildman–Crippen LogP) is 1.20. The second-order valence-electron chi connectivity index (χ2n) is 5.93. The van der Waals surface area contributed by atoms with E-state index in [-0.39, 0.29) is 17.9 Å². The van der Waals surface area contributed by atoms with E-state index in [1.807, 2.05) is 6.92 Å². The average molecular weight is 317 g/mol. The van der Waals surface area contributed by atoms with Crippen molar-refractivity contribution in [3.63, 3.8) is 0 Å². The molecule has 2 aromatic rings. The van der Waals surface area contributed by atoms with E-state index >= 15 is 0 Å². The standard InChI is InChI=1S/C15H19N5O3/c1-15(14-18-12(8-22-2)23-19-14)5-3-7-20(9-15)13(21)11-4-6-16-10-17-11/h4,6,10H,3,5,7-9H2,1-2H3. The fourth-order valence-electron chi connectivity index (χ4n) is 2.86. The highest BCUT2D eigenvalue weighted by Gasteiger charge is 2.38. The van der Waals surface area contributed by atoms with Gasteiger partial charge in [0.25, 0.3) is 11.8 Å². The molecule has 1 saturated heterocycles. The van der Waals surface area contributed by atoms with Gasteiger partial charge in [-0.05, 0) is 18.9 Å². The summed E-state index contributed by atoms with van der Waals surface area (Å²) in [6, 6.07) is 1.62. The highest BCUT2D eigenvalue weighted by molar-refractivity contribution is 5.92. The molecule has 0 N–H and O–H groups in total. The lowest BCUT2D eigenvalue weighted by Gasteiger charge is -2.38. The fourth-order valence-corrected chi connectivity index (χ4v) is 2.86. The number of likely N-dealkylation sites (tertiary alicyclic amines) is 1. The van der Waals surface area contributed by atoms with Gasteiger partial charge in [-0.15, -0.1) is 0 Å². The molecular formula is C15H19N5O3. The number of rotatable bonds is 4. The van der Waals surface area contributed by atoms with Crippen molar-refractivity contribution in [3.05, 3.63) is 36.0 Å². The molecule has 0 aromatic carbocycles. The minimum atomic E-state index is -0.337. The third-order valence-corrected chi connectivity index (χ3v) is 4.06. The van der Waals surface area contributed by atoms with Gasteiger partial charge in [0.15, 0.2) is 5.82 Å². The SMILES string of the molecule is COCc1nc(C2(C)CCCN(C(=O)c3ccncn3)C2)no1. The summed E-state index contributed by atoms with van der Waals surface area (Å²) < 4.78 is 10.2. The van der Waals surface area contributed by atoms with E-state index in [0.29, 0.717) is 30.5 Å². The van der Waals surface area contributed by atoms with Crippen molar-refractivity contribution < 1.29 is 14.1 Å². The molecule has 3 heterocycles. The first kappa shape index (κ1) is 15.5. The first-order chi connectivity index (χ1) is 11.1. The summed E-state index contributed by atoms with van der Waals surface area (Å²) in [5, 5.41) is 4.07. The van der Waals surface area contributed by atoms with Crippen molar-refractivity contribution >= 4 is 5.91 Å². The summed E-state index contributed by atoms with van der Waals surface area (Å²) in [6.07, 6.45) is 4.72. The first-order valence-corrected chi connectivity index (χ1v) is 7.50. The van der Waals surface area contributed by atoms with Crippen molar-refractivity contribution in [2.45, 2.75) is 31.8 Å². The molecule has 3 rings (SSSR count). The van der Waals surface area contributed by atoms with Crippen molar-refractivity contribution in [3.8, 4) is 0 Å². The average Bonchev–Trinajstić information content (AvgIpc) is 3.05. The van der Waals surface area contributed by atoms with Crippen molar-refractivity contribution in [1.82, 2.24) is 25.0 Å². The minimum absolute atomic E-state index is 0.0982. The van der Waals surface area contributed by atoms with Crippen LogP contribution in [0.15, 0.2) is 23.1 Å². The molecule has 0 radical (unpaired) electrons. The van der Waals surface area contributed by atoms with Crippen LogP contribution in [-0.4, -0.2) is 51.1 Å². The topological polar surface area (TPSA) is 94.2 Å². The van der Waals surface area contributed by atoms with Crippen LogP contribution >= 0.6 is 0 Å². The highest BCUT2D eigenvalue weighted by atomic mass is 16.5. The molecular weight excluding hydrogens is 298 g/mol. The largest absolute Gasteiger partial charge is 0.375 e. The second-order valence-corrected chi connectivity index (χ2v) is 5.93. The Balaban J connectivity index is 1.77. The Hall–Kier alpha value is -2.35.